The van der Waals surface area contributed by atoms with E-state index in [0.29, 0.717) is 31.0 Å². The van der Waals surface area contributed by atoms with Gasteiger partial charge in [0, 0.05) is 13.1 Å². The van der Waals surface area contributed by atoms with Crippen molar-refractivity contribution in [3.05, 3.63) is 29.6 Å². The first-order valence-corrected chi connectivity index (χ1v) is 8.32. The lowest BCUT2D eigenvalue weighted by molar-refractivity contribution is 0.281. The lowest BCUT2D eigenvalue weighted by atomic mass is 10.2. The zero-order chi connectivity index (χ0) is 14.8. The molecule has 0 atom stereocenters. The summed E-state index contributed by atoms with van der Waals surface area (Å²) in [5.74, 6) is -0.362. The highest BCUT2D eigenvalue weighted by atomic mass is 32.2. The first-order chi connectivity index (χ1) is 9.48. The average Bonchev–Trinajstić information content (AvgIpc) is 3.22. The molecule has 0 amide bonds. The molecule has 112 valence electrons. The van der Waals surface area contributed by atoms with Gasteiger partial charge < -0.3 is 5.11 Å². The van der Waals surface area contributed by atoms with Crippen molar-refractivity contribution in [1.29, 1.82) is 0 Å². The fourth-order valence-corrected chi connectivity index (χ4v) is 3.85. The van der Waals surface area contributed by atoms with Gasteiger partial charge in [-0.2, -0.15) is 4.31 Å². The second-order valence-electron chi connectivity index (χ2n) is 5.23. The zero-order valence-electron chi connectivity index (χ0n) is 11.5. The first kappa shape index (κ1) is 15.4. The van der Waals surface area contributed by atoms with Crippen LogP contribution in [-0.2, 0) is 16.6 Å². The summed E-state index contributed by atoms with van der Waals surface area (Å²) in [6, 6.07) is 3.71. The van der Waals surface area contributed by atoms with E-state index in [1.54, 1.807) is 0 Å². The maximum atomic E-state index is 13.9. The molecule has 0 unspecified atom stereocenters. The Morgan fingerprint density at radius 1 is 1.40 bits per heavy atom. The molecule has 20 heavy (non-hydrogen) atoms. The van der Waals surface area contributed by atoms with E-state index in [2.05, 4.69) is 0 Å². The van der Waals surface area contributed by atoms with Crippen LogP contribution in [0.1, 0.15) is 31.7 Å². The number of benzene rings is 1. The van der Waals surface area contributed by atoms with E-state index in [-0.39, 0.29) is 11.5 Å². The third-order valence-corrected chi connectivity index (χ3v) is 5.31. The average molecular weight is 301 g/mol. The van der Waals surface area contributed by atoms with Crippen LogP contribution >= 0.6 is 0 Å². The minimum atomic E-state index is -3.83. The Balaban J connectivity index is 2.35. The van der Waals surface area contributed by atoms with Gasteiger partial charge in [-0.15, -0.1) is 0 Å². The molecule has 0 radical (unpaired) electrons. The smallest absolute Gasteiger partial charge is 0.246 e. The number of aliphatic hydroxyl groups excluding tert-OH is 1. The van der Waals surface area contributed by atoms with Crippen molar-refractivity contribution >= 4 is 10.0 Å². The molecule has 1 aliphatic carbocycles. The maximum absolute atomic E-state index is 13.9. The summed E-state index contributed by atoms with van der Waals surface area (Å²) in [5, 5.41) is 9.09. The molecule has 0 saturated heterocycles. The van der Waals surface area contributed by atoms with E-state index in [0.717, 1.165) is 18.9 Å². The SMILES string of the molecule is CCCN(CC1CC1)S(=O)(=O)c1cc(CO)ccc1F. The fraction of sp³-hybridized carbons (Fsp3) is 0.571. The van der Waals surface area contributed by atoms with Gasteiger partial charge in [0.15, 0.2) is 0 Å². The van der Waals surface area contributed by atoms with Crippen LogP contribution in [0.3, 0.4) is 0 Å². The van der Waals surface area contributed by atoms with Gasteiger partial charge in [0.1, 0.15) is 10.7 Å². The van der Waals surface area contributed by atoms with Gasteiger partial charge in [0.05, 0.1) is 6.61 Å². The van der Waals surface area contributed by atoms with Crippen LogP contribution in [-0.4, -0.2) is 30.9 Å². The lowest BCUT2D eigenvalue weighted by Gasteiger charge is -2.22. The number of hydrogen-bond acceptors (Lipinski definition) is 3. The molecule has 1 aromatic carbocycles. The monoisotopic (exact) mass is 301 g/mol. The summed E-state index contributed by atoms with van der Waals surface area (Å²) < 4.78 is 40.4. The maximum Gasteiger partial charge on any atom is 0.246 e. The van der Waals surface area contributed by atoms with Crippen LogP contribution in [0.15, 0.2) is 23.1 Å². The Hall–Kier alpha value is -0.980. The molecule has 0 aromatic heterocycles. The van der Waals surface area contributed by atoms with E-state index < -0.39 is 15.8 Å². The van der Waals surface area contributed by atoms with Gasteiger partial charge in [0.2, 0.25) is 10.0 Å². The summed E-state index contributed by atoms with van der Waals surface area (Å²) >= 11 is 0. The second-order valence-corrected chi connectivity index (χ2v) is 7.14. The van der Waals surface area contributed by atoms with Gasteiger partial charge in [-0.05, 0) is 42.9 Å². The van der Waals surface area contributed by atoms with E-state index >= 15 is 0 Å². The Kier molecular flexibility index (Phi) is 4.78. The van der Waals surface area contributed by atoms with Gasteiger partial charge in [-0.25, -0.2) is 12.8 Å². The van der Waals surface area contributed by atoms with Gasteiger partial charge >= 0.3 is 0 Å². The van der Waals surface area contributed by atoms with E-state index in [1.165, 1.54) is 16.4 Å². The molecule has 4 nitrogen and oxygen atoms in total. The fourth-order valence-electron chi connectivity index (χ4n) is 2.13. The standard InChI is InChI=1S/C14H20FNO3S/c1-2-7-16(9-11-3-4-11)20(18,19)14-8-12(10-17)5-6-13(14)15/h5-6,8,11,17H,2-4,7,9-10H2,1H3. The molecule has 0 bridgehead atoms. The third kappa shape index (κ3) is 3.37. The van der Waals surface area contributed by atoms with Crippen molar-refractivity contribution in [1.82, 2.24) is 4.31 Å². The lowest BCUT2D eigenvalue weighted by Crippen LogP contribution is -2.34. The van der Waals surface area contributed by atoms with Crippen molar-refractivity contribution in [3.63, 3.8) is 0 Å². The van der Waals surface area contributed by atoms with E-state index in [9.17, 15) is 12.8 Å². The van der Waals surface area contributed by atoms with Crippen LogP contribution in [0, 0.1) is 11.7 Å². The summed E-state index contributed by atoms with van der Waals surface area (Å²) in [4.78, 5) is -0.335. The van der Waals surface area contributed by atoms with Crippen molar-refractivity contribution < 1.29 is 17.9 Å². The topological polar surface area (TPSA) is 57.6 Å². The predicted octanol–water partition coefficient (Wildman–Crippen LogP) is 2.13. The van der Waals surface area contributed by atoms with Crippen molar-refractivity contribution in [3.8, 4) is 0 Å². The minimum Gasteiger partial charge on any atom is -0.392 e. The molecule has 1 fully saturated rings. The second kappa shape index (κ2) is 6.20. The van der Waals surface area contributed by atoms with Gasteiger partial charge in [-0.3, -0.25) is 0 Å². The molecular weight excluding hydrogens is 281 g/mol. The van der Waals surface area contributed by atoms with Crippen molar-refractivity contribution in [2.24, 2.45) is 5.92 Å². The van der Waals surface area contributed by atoms with Crippen molar-refractivity contribution in [2.75, 3.05) is 13.1 Å². The molecule has 1 N–H and O–H groups in total. The Morgan fingerprint density at radius 3 is 2.65 bits per heavy atom. The highest BCUT2D eigenvalue weighted by Gasteiger charge is 2.32. The van der Waals surface area contributed by atoms with Crippen molar-refractivity contribution in [2.45, 2.75) is 37.7 Å². The Labute approximate surface area is 119 Å². The molecule has 1 aliphatic rings. The number of sulfonamides is 1. The van der Waals surface area contributed by atoms with Gasteiger partial charge in [-0.1, -0.05) is 13.0 Å². The molecule has 1 saturated carbocycles. The van der Waals surface area contributed by atoms with Crippen LogP contribution in [0.5, 0.6) is 0 Å². The molecule has 6 heteroatoms. The molecule has 1 aromatic rings. The highest BCUT2D eigenvalue weighted by Crippen LogP contribution is 2.32. The third-order valence-electron chi connectivity index (χ3n) is 3.43. The zero-order valence-corrected chi connectivity index (χ0v) is 12.4. The molecule has 0 spiro atoms. The van der Waals surface area contributed by atoms with Crippen LogP contribution in [0.4, 0.5) is 4.39 Å². The van der Waals surface area contributed by atoms with E-state index in [4.69, 9.17) is 5.11 Å². The first-order valence-electron chi connectivity index (χ1n) is 6.88. The number of aliphatic hydroxyl groups is 1. The van der Waals surface area contributed by atoms with Crippen LogP contribution in [0.25, 0.3) is 0 Å². The number of rotatable bonds is 7. The summed E-state index contributed by atoms with van der Waals surface area (Å²) in [6.45, 7) is 2.44. The van der Waals surface area contributed by atoms with Crippen LogP contribution < -0.4 is 0 Å². The summed E-state index contributed by atoms with van der Waals surface area (Å²) in [7, 11) is -3.83. The normalized spacial score (nSPS) is 15.8. The number of halogens is 1. The molecule has 0 heterocycles. The Morgan fingerprint density at radius 2 is 2.10 bits per heavy atom. The number of nitrogens with zero attached hydrogens (tertiary/aromatic N) is 1. The van der Waals surface area contributed by atoms with Crippen LogP contribution in [0.2, 0.25) is 0 Å². The van der Waals surface area contributed by atoms with Gasteiger partial charge in [0.25, 0.3) is 0 Å². The summed E-state index contributed by atoms with van der Waals surface area (Å²) in [5.41, 5.74) is 0.396. The summed E-state index contributed by atoms with van der Waals surface area (Å²) in [6.07, 6.45) is 2.76. The molecular formula is C14H20FNO3S. The molecule has 2 rings (SSSR count). The largest absolute Gasteiger partial charge is 0.392 e. The highest BCUT2D eigenvalue weighted by molar-refractivity contribution is 7.89. The minimum absolute atomic E-state index is 0.306. The van der Waals surface area contributed by atoms with E-state index in [1.807, 2.05) is 6.92 Å². The quantitative estimate of drug-likeness (QED) is 0.839. The number of hydrogen-bond donors (Lipinski definition) is 1. The predicted molar refractivity (Wildman–Crippen MR) is 74.1 cm³/mol. The Bertz CT molecular complexity index is 570. The molecule has 0 aliphatic heterocycles.